The van der Waals surface area contributed by atoms with Crippen LogP contribution >= 0.6 is 0 Å². The summed E-state index contributed by atoms with van der Waals surface area (Å²) in [5, 5.41) is 10.2. The minimum absolute atomic E-state index is 0.0241. The van der Waals surface area contributed by atoms with E-state index < -0.39 is 29.1 Å². The zero-order valence-corrected chi connectivity index (χ0v) is 21.0. The van der Waals surface area contributed by atoms with E-state index in [0.29, 0.717) is 49.5 Å². The maximum absolute atomic E-state index is 15.0. The highest BCUT2D eigenvalue weighted by molar-refractivity contribution is 5.62. The number of halogens is 3. The Labute approximate surface area is 215 Å². The Morgan fingerprint density at radius 3 is 2.46 bits per heavy atom. The highest BCUT2D eigenvalue weighted by atomic mass is 19.1. The minimum Gasteiger partial charge on any atom is -0.391 e. The molecule has 0 amide bonds. The molecule has 3 atom stereocenters. The Hall–Kier alpha value is -2.97. The Morgan fingerprint density at radius 2 is 1.78 bits per heavy atom. The van der Waals surface area contributed by atoms with Crippen molar-refractivity contribution in [1.82, 2.24) is 9.97 Å². The SMILES string of the molecule is C[C@H]1CN(c2ccncc2CCc2ccc(F)c(-c3c(F)cc(CC4CCC4)cc3F)n2)C[C@@H](N)[C@@H]1O. The van der Waals surface area contributed by atoms with Gasteiger partial charge in [0.25, 0.3) is 0 Å². The second kappa shape index (κ2) is 10.8. The number of aliphatic hydroxyl groups excluding tert-OH is 1. The van der Waals surface area contributed by atoms with Crippen LogP contribution in [0, 0.1) is 29.3 Å². The van der Waals surface area contributed by atoms with Gasteiger partial charge in [0.15, 0.2) is 0 Å². The van der Waals surface area contributed by atoms with Gasteiger partial charge in [0.2, 0.25) is 0 Å². The fraction of sp³-hybridized carbons (Fsp3) is 0.448. The normalized spacial score (nSPS) is 22.2. The Kier molecular flexibility index (Phi) is 7.49. The van der Waals surface area contributed by atoms with Gasteiger partial charge in [0.05, 0.1) is 11.7 Å². The lowest BCUT2D eigenvalue weighted by atomic mass is 9.81. The maximum Gasteiger partial charge on any atom is 0.149 e. The molecule has 3 heterocycles. The summed E-state index contributed by atoms with van der Waals surface area (Å²) in [6.07, 6.45) is 7.89. The number of pyridine rings is 2. The summed E-state index contributed by atoms with van der Waals surface area (Å²) < 4.78 is 44.7. The van der Waals surface area contributed by atoms with Gasteiger partial charge in [-0.3, -0.25) is 4.98 Å². The molecule has 37 heavy (non-hydrogen) atoms. The van der Waals surface area contributed by atoms with Gasteiger partial charge < -0.3 is 15.7 Å². The number of piperidine rings is 1. The van der Waals surface area contributed by atoms with Crippen molar-refractivity contribution in [1.29, 1.82) is 0 Å². The van der Waals surface area contributed by atoms with Gasteiger partial charge in [-0.25, -0.2) is 18.2 Å². The van der Waals surface area contributed by atoms with Crippen molar-refractivity contribution >= 4 is 5.69 Å². The fourth-order valence-electron chi connectivity index (χ4n) is 5.49. The molecule has 2 aromatic heterocycles. The summed E-state index contributed by atoms with van der Waals surface area (Å²) in [6, 6.07) is 6.96. The summed E-state index contributed by atoms with van der Waals surface area (Å²) in [5.41, 5.74) is 8.49. The number of rotatable bonds is 7. The molecule has 0 radical (unpaired) electrons. The molecule has 3 N–H and O–H groups in total. The first-order chi connectivity index (χ1) is 17.8. The van der Waals surface area contributed by atoms with Crippen LogP contribution < -0.4 is 10.6 Å². The lowest BCUT2D eigenvalue weighted by Crippen LogP contribution is -2.55. The van der Waals surface area contributed by atoms with E-state index >= 15 is 0 Å². The van der Waals surface area contributed by atoms with E-state index in [9.17, 15) is 18.3 Å². The predicted octanol–water partition coefficient (Wildman–Crippen LogP) is 4.83. The van der Waals surface area contributed by atoms with Gasteiger partial charge in [0.1, 0.15) is 23.1 Å². The Morgan fingerprint density at radius 1 is 1.03 bits per heavy atom. The van der Waals surface area contributed by atoms with Crippen LogP contribution in [0.5, 0.6) is 0 Å². The largest absolute Gasteiger partial charge is 0.391 e. The number of hydrogen-bond donors (Lipinski definition) is 2. The van der Waals surface area contributed by atoms with Crippen LogP contribution in [0.15, 0.2) is 42.7 Å². The maximum atomic E-state index is 15.0. The summed E-state index contributed by atoms with van der Waals surface area (Å²) >= 11 is 0. The zero-order valence-electron chi connectivity index (χ0n) is 21.0. The first kappa shape index (κ1) is 25.7. The van der Waals surface area contributed by atoms with Crippen molar-refractivity contribution in [3.8, 4) is 11.3 Å². The molecule has 1 aliphatic carbocycles. The minimum atomic E-state index is -0.787. The smallest absolute Gasteiger partial charge is 0.149 e. The molecule has 0 bridgehead atoms. The molecular formula is C29H33F3N4O. The van der Waals surface area contributed by atoms with Crippen molar-refractivity contribution in [2.24, 2.45) is 17.6 Å². The third-order valence-corrected chi connectivity index (χ3v) is 7.82. The summed E-state index contributed by atoms with van der Waals surface area (Å²) in [7, 11) is 0. The van der Waals surface area contributed by atoms with Crippen molar-refractivity contribution in [2.45, 2.75) is 57.6 Å². The third-order valence-electron chi connectivity index (χ3n) is 7.82. The van der Waals surface area contributed by atoms with Crippen molar-refractivity contribution in [3.63, 3.8) is 0 Å². The van der Waals surface area contributed by atoms with Crippen LogP contribution in [0.25, 0.3) is 11.3 Å². The van der Waals surface area contributed by atoms with Gasteiger partial charge in [0, 0.05) is 48.8 Å². The highest BCUT2D eigenvalue weighted by Gasteiger charge is 2.31. The van der Waals surface area contributed by atoms with E-state index in [1.807, 2.05) is 13.0 Å². The van der Waals surface area contributed by atoms with Crippen molar-refractivity contribution < 1.29 is 18.3 Å². The molecule has 5 rings (SSSR count). The molecule has 8 heteroatoms. The Balaban J connectivity index is 1.35. The van der Waals surface area contributed by atoms with E-state index in [-0.39, 0.29) is 17.7 Å². The lowest BCUT2D eigenvalue weighted by Gasteiger charge is -2.40. The second-order valence-electron chi connectivity index (χ2n) is 10.6. The second-order valence-corrected chi connectivity index (χ2v) is 10.6. The monoisotopic (exact) mass is 510 g/mol. The quantitative estimate of drug-likeness (QED) is 0.476. The number of aryl methyl sites for hydroxylation is 2. The van der Waals surface area contributed by atoms with Crippen molar-refractivity contribution in [3.05, 3.63) is 77.0 Å². The highest BCUT2D eigenvalue weighted by Crippen LogP contribution is 2.33. The average molecular weight is 511 g/mol. The predicted molar refractivity (Wildman–Crippen MR) is 138 cm³/mol. The third kappa shape index (κ3) is 5.50. The van der Waals surface area contributed by atoms with Gasteiger partial charge in [-0.2, -0.15) is 0 Å². The van der Waals surface area contributed by atoms with Crippen LogP contribution in [0.1, 0.15) is 43.0 Å². The van der Waals surface area contributed by atoms with E-state index in [0.717, 1.165) is 30.5 Å². The molecule has 2 aliphatic rings. The molecule has 1 saturated carbocycles. The number of nitrogens with two attached hydrogens (primary N) is 1. The van der Waals surface area contributed by atoms with E-state index in [4.69, 9.17) is 5.73 Å². The summed E-state index contributed by atoms with van der Waals surface area (Å²) in [4.78, 5) is 10.7. The molecular weight excluding hydrogens is 477 g/mol. The molecule has 0 spiro atoms. The number of anilines is 1. The fourth-order valence-corrected chi connectivity index (χ4v) is 5.49. The van der Waals surface area contributed by atoms with Crippen LogP contribution in [-0.4, -0.2) is 40.3 Å². The van der Waals surface area contributed by atoms with E-state index in [1.54, 1.807) is 18.5 Å². The zero-order chi connectivity index (χ0) is 26.1. The lowest BCUT2D eigenvalue weighted by molar-refractivity contribution is 0.0784. The van der Waals surface area contributed by atoms with Crippen molar-refractivity contribution in [2.75, 3.05) is 18.0 Å². The molecule has 1 saturated heterocycles. The summed E-state index contributed by atoms with van der Waals surface area (Å²) in [5.74, 6) is -1.84. The number of benzene rings is 1. The van der Waals surface area contributed by atoms with Crippen LogP contribution in [0.4, 0.5) is 18.9 Å². The van der Waals surface area contributed by atoms with Crippen LogP contribution in [0.2, 0.25) is 0 Å². The first-order valence-electron chi connectivity index (χ1n) is 13.1. The molecule has 0 unspecified atom stereocenters. The van der Waals surface area contributed by atoms with Crippen LogP contribution in [-0.2, 0) is 19.3 Å². The molecule has 1 aliphatic heterocycles. The Bertz CT molecular complexity index is 1230. The standard InChI is InChI=1S/C29H33F3N4O/c1-17-15-36(16-25(33)29(17)37)26-9-10-34-14-20(26)5-6-21-7-8-22(30)28(35-21)27-23(31)12-19(13-24(27)32)11-18-3-2-4-18/h7-10,12-14,17-18,25,29,37H,2-6,11,15-16,33H2,1H3/t17-,25+,29+/m0/s1. The number of aromatic nitrogens is 2. The molecule has 3 aromatic rings. The molecule has 1 aromatic carbocycles. The number of nitrogens with zero attached hydrogens (tertiary/aromatic N) is 3. The van der Waals surface area contributed by atoms with Gasteiger partial charge in [-0.15, -0.1) is 0 Å². The number of hydrogen-bond acceptors (Lipinski definition) is 5. The van der Waals surface area contributed by atoms with E-state index in [2.05, 4.69) is 14.9 Å². The van der Waals surface area contributed by atoms with Crippen LogP contribution in [0.3, 0.4) is 0 Å². The van der Waals surface area contributed by atoms with Gasteiger partial charge >= 0.3 is 0 Å². The molecule has 5 nitrogen and oxygen atoms in total. The number of aliphatic hydroxyl groups is 1. The van der Waals surface area contributed by atoms with E-state index in [1.165, 1.54) is 18.2 Å². The first-order valence-corrected chi connectivity index (χ1v) is 13.1. The topological polar surface area (TPSA) is 75.3 Å². The molecule has 2 fully saturated rings. The molecule has 196 valence electrons. The summed E-state index contributed by atoms with van der Waals surface area (Å²) in [6.45, 7) is 3.16. The van der Waals surface area contributed by atoms with Gasteiger partial charge in [-0.05, 0) is 66.6 Å². The van der Waals surface area contributed by atoms with Gasteiger partial charge in [-0.1, -0.05) is 26.2 Å². The average Bonchev–Trinajstić information content (AvgIpc) is 2.84.